The van der Waals surface area contributed by atoms with Gasteiger partial charge >= 0.3 is 0 Å². The number of anilines is 1. The summed E-state index contributed by atoms with van der Waals surface area (Å²) in [5.41, 5.74) is 5.69. The lowest BCUT2D eigenvalue weighted by atomic mass is 10.2. The predicted octanol–water partition coefficient (Wildman–Crippen LogP) is 1.83. The summed E-state index contributed by atoms with van der Waals surface area (Å²) in [5.74, 6) is 0.504. The van der Waals surface area contributed by atoms with Crippen molar-refractivity contribution < 1.29 is 13.8 Å². The fourth-order valence-electron chi connectivity index (χ4n) is 2.63. The number of furan rings is 1. The number of amides is 1. The molecule has 0 atom stereocenters. The molecule has 106 valence electrons. The fraction of sp³-hybridized carbons (Fsp3) is 0.462. The Morgan fingerprint density at radius 3 is 2.80 bits per heavy atom. The summed E-state index contributed by atoms with van der Waals surface area (Å²) in [4.78, 5) is 14.3. The molecule has 0 aromatic carbocycles. The number of hydrogen-bond acceptors (Lipinski definition) is 6. The van der Waals surface area contributed by atoms with Crippen molar-refractivity contribution >= 4 is 11.7 Å². The van der Waals surface area contributed by atoms with Crippen LogP contribution in [0.3, 0.4) is 0 Å². The Bertz CT molecular complexity index is 572. The van der Waals surface area contributed by atoms with Crippen LogP contribution in [0.5, 0.6) is 0 Å². The summed E-state index contributed by atoms with van der Waals surface area (Å²) in [6, 6.07) is 3.84. The lowest BCUT2D eigenvalue weighted by Crippen LogP contribution is -2.38. The van der Waals surface area contributed by atoms with Crippen LogP contribution in [0, 0.1) is 0 Å². The molecule has 0 unspecified atom stereocenters. The summed E-state index contributed by atoms with van der Waals surface area (Å²) in [6.07, 6.45) is 5.81. The number of hydrogen-bond donors (Lipinski definition) is 1. The summed E-state index contributed by atoms with van der Waals surface area (Å²) in [5, 5.41) is 7.07. The van der Waals surface area contributed by atoms with Crippen LogP contribution in [-0.4, -0.2) is 27.2 Å². The third-order valence-corrected chi connectivity index (χ3v) is 3.65. The van der Waals surface area contributed by atoms with E-state index in [1.807, 2.05) is 6.07 Å². The smallest absolute Gasteiger partial charge is 0.280 e. The van der Waals surface area contributed by atoms with Crippen molar-refractivity contribution in [2.45, 2.75) is 38.3 Å². The second kappa shape index (κ2) is 5.36. The van der Waals surface area contributed by atoms with E-state index in [-0.39, 0.29) is 23.5 Å². The maximum absolute atomic E-state index is 12.6. The molecule has 3 rings (SSSR count). The van der Waals surface area contributed by atoms with Gasteiger partial charge in [-0.25, -0.2) is 4.63 Å². The van der Waals surface area contributed by atoms with Crippen LogP contribution in [0.1, 0.15) is 41.9 Å². The zero-order chi connectivity index (χ0) is 13.9. The molecule has 1 aliphatic carbocycles. The maximum Gasteiger partial charge on any atom is 0.280 e. The summed E-state index contributed by atoms with van der Waals surface area (Å²) in [7, 11) is 0. The van der Waals surface area contributed by atoms with Crippen LogP contribution in [0.15, 0.2) is 27.4 Å². The SMILES string of the molecule is Nc1nonc1C(=O)N(Cc1ccco1)C1CCCC1. The summed E-state index contributed by atoms with van der Waals surface area (Å²) < 4.78 is 9.86. The summed E-state index contributed by atoms with van der Waals surface area (Å²) >= 11 is 0. The fourth-order valence-corrected chi connectivity index (χ4v) is 2.63. The largest absolute Gasteiger partial charge is 0.467 e. The van der Waals surface area contributed by atoms with Gasteiger partial charge in [0.05, 0.1) is 12.8 Å². The Kier molecular flexibility index (Phi) is 3.41. The van der Waals surface area contributed by atoms with Crippen LogP contribution in [-0.2, 0) is 6.54 Å². The van der Waals surface area contributed by atoms with Crippen LogP contribution in [0.2, 0.25) is 0 Å². The van der Waals surface area contributed by atoms with Gasteiger partial charge in [-0.15, -0.1) is 0 Å². The van der Waals surface area contributed by atoms with E-state index in [0.29, 0.717) is 6.54 Å². The van der Waals surface area contributed by atoms with Gasteiger partial charge in [0.15, 0.2) is 0 Å². The van der Waals surface area contributed by atoms with Crippen LogP contribution >= 0.6 is 0 Å². The van der Waals surface area contributed by atoms with Crippen molar-refractivity contribution in [3.8, 4) is 0 Å². The molecule has 0 saturated heterocycles. The molecule has 1 amide bonds. The minimum absolute atomic E-state index is 0.0254. The molecule has 0 bridgehead atoms. The normalized spacial score (nSPS) is 15.6. The first kappa shape index (κ1) is 12.7. The number of nitrogen functional groups attached to an aromatic ring is 1. The lowest BCUT2D eigenvalue weighted by Gasteiger charge is -2.27. The highest BCUT2D eigenvalue weighted by Crippen LogP contribution is 2.27. The molecule has 1 saturated carbocycles. The van der Waals surface area contributed by atoms with Gasteiger partial charge in [-0.05, 0) is 35.3 Å². The van der Waals surface area contributed by atoms with Crippen molar-refractivity contribution in [2.24, 2.45) is 0 Å². The van der Waals surface area contributed by atoms with Crippen molar-refractivity contribution in [3.05, 3.63) is 29.9 Å². The third kappa shape index (κ3) is 2.38. The van der Waals surface area contributed by atoms with Crippen molar-refractivity contribution in [2.75, 3.05) is 5.73 Å². The molecule has 0 radical (unpaired) electrons. The van der Waals surface area contributed by atoms with Crippen LogP contribution < -0.4 is 5.73 Å². The predicted molar refractivity (Wildman–Crippen MR) is 69.5 cm³/mol. The molecule has 7 heteroatoms. The molecule has 2 N–H and O–H groups in total. The van der Waals surface area contributed by atoms with Gasteiger partial charge in [-0.2, -0.15) is 0 Å². The molecule has 2 aromatic heterocycles. The van der Waals surface area contributed by atoms with Gasteiger partial charge in [-0.1, -0.05) is 12.8 Å². The number of nitrogens with two attached hydrogens (primary N) is 1. The van der Waals surface area contributed by atoms with Crippen LogP contribution in [0.25, 0.3) is 0 Å². The highest BCUT2D eigenvalue weighted by Gasteiger charge is 2.31. The van der Waals surface area contributed by atoms with E-state index in [0.717, 1.165) is 31.4 Å². The molecular weight excluding hydrogens is 260 g/mol. The quantitative estimate of drug-likeness (QED) is 0.914. The molecule has 1 aliphatic rings. The zero-order valence-corrected chi connectivity index (χ0v) is 11.0. The number of carbonyl (C=O) groups excluding carboxylic acids is 1. The van der Waals surface area contributed by atoms with Gasteiger partial charge in [-0.3, -0.25) is 4.79 Å². The van der Waals surface area contributed by atoms with Gasteiger partial charge in [0.2, 0.25) is 11.5 Å². The van der Waals surface area contributed by atoms with Gasteiger partial charge in [0, 0.05) is 6.04 Å². The Balaban J connectivity index is 1.84. The van der Waals surface area contributed by atoms with E-state index in [4.69, 9.17) is 10.2 Å². The Labute approximate surface area is 115 Å². The maximum atomic E-state index is 12.6. The number of carbonyl (C=O) groups is 1. The second-order valence-electron chi connectivity index (χ2n) is 4.95. The highest BCUT2D eigenvalue weighted by molar-refractivity contribution is 5.96. The van der Waals surface area contributed by atoms with Gasteiger partial charge < -0.3 is 15.1 Å². The lowest BCUT2D eigenvalue weighted by molar-refractivity contribution is 0.0638. The summed E-state index contributed by atoms with van der Waals surface area (Å²) in [6.45, 7) is 0.406. The molecule has 0 spiro atoms. The zero-order valence-electron chi connectivity index (χ0n) is 11.0. The first-order chi connectivity index (χ1) is 9.75. The van der Waals surface area contributed by atoms with Crippen molar-refractivity contribution in [3.63, 3.8) is 0 Å². The Hall–Kier alpha value is -2.31. The van der Waals surface area contributed by atoms with E-state index >= 15 is 0 Å². The average molecular weight is 276 g/mol. The molecule has 20 heavy (non-hydrogen) atoms. The van der Waals surface area contributed by atoms with Crippen LogP contribution in [0.4, 0.5) is 5.82 Å². The molecule has 2 heterocycles. The highest BCUT2D eigenvalue weighted by atomic mass is 16.6. The topological polar surface area (TPSA) is 98.4 Å². The minimum Gasteiger partial charge on any atom is -0.467 e. The third-order valence-electron chi connectivity index (χ3n) is 3.65. The standard InChI is InChI=1S/C13H16N4O3/c14-12-11(15-20-16-12)13(18)17(9-4-1-2-5-9)8-10-6-3-7-19-10/h3,6-7,9H,1-2,4-5,8H2,(H2,14,16). The second-order valence-corrected chi connectivity index (χ2v) is 4.95. The van der Waals surface area contributed by atoms with Crippen molar-refractivity contribution in [1.82, 2.24) is 15.2 Å². The monoisotopic (exact) mass is 276 g/mol. The van der Waals surface area contributed by atoms with Gasteiger partial charge in [0.25, 0.3) is 5.91 Å². The molecule has 7 nitrogen and oxygen atoms in total. The van der Waals surface area contributed by atoms with Crippen molar-refractivity contribution in [1.29, 1.82) is 0 Å². The molecular formula is C13H16N4O3. The molecule has 1 fully saturated rings. The number of aromatic nitrogens is 2. The minimum atomic E-state index is -0.257. The Morgan fingerprint density at radius 2 is 2.20 bits per heavy atom. The van der Waals surface area contributed by atoms with E-state index in [2.05, 4.69) is 14.9 Å². The van der Waals surface area contributed by atoms with E-state index in [9.17, 15) is 4.79 Å². The van der Waals surface area contributed by atoms with E-state index in [1.54, 1.807) is 17.2 Å². The first-order valence-corrected chi connectivity index (χ1v) is 6.67. The van der Waals surface area contributed by atoms with E-state index < -0.39 is 0 Å². The first-order valence-electron chi connectivity index (χ1n) is 6.67. The molecule has 2 aromatic rings. The number of nitrogens with zero attached hydrogens (tertiary/aromatic N) is 3. The molecule has 0 aliphatic heterocycles. The van der Waals surface area contributed by atoms with E-state index in [1.165, 1.54) is 0 Å². The van der Waals surface area contributed by atoms with Gasteiger partial charge in [0.1, 0.15) is 5.76 Å². The number of rotatable bonds is 4. The average Bonchev–Trinajstić information content (AvgIpc) is 3.17. The Morgan fingerprint density at radius 1 is 1.40 bits per heavy atom.